The van der Waals surface area contributed by atoms with Gasteiger partial charge in [-0.3, -0.25) is 9.48 Å². The largest absolute Gasteiger partial charge is 0.329 e. The Balaban J connectivity index is 2.55. The molecule has 0 fully saturated rings. The maximum atomic E-state index is 11.3. The minimum Gasteiger partial charge on any atom is -0.329 e. The highest BCUT2D eigenvalue weighted by molar-refractivity contribution is 5.86. The van der Waals surface area contributed by atoms with Crippen LogP contribution >= 0.6 is 0 Å². The van der Waals surface area contributed by atoms with Gasteiger partial charge in [0.05, 0.1) is 11.3 Å². The van der Waals surface area contributed by atoms with Crippen molar-refractivity contribution in [1.82, 2.24) is 9.78 Å². The molecule has 0 amide bonds. The first kappa shape index (κ1) is 13.3. The van der Waals surface area contributed by atoms with Crippen molar-refractivity contribution < 1.29 is 4.79 Å². The summed E-state index contributed by atoms with van der Waals surface area (Å²) in [5.74, 6) is 0.817. The van der Waals surface area contributed by atoms with Crippen LogP contribution in [0.3, 0.4) is 0 Å². The lowest BCUT2D eigenvalue weighted by molar-refractivity contribution is 0.112. The van der Waals surface area contributed by atoms with Crippen LogP contribution in [0.15, 0.2) is 18.2 Å². The van der Waals surface area contributed by atoms with Gasteiger partial charge in [0, 0.05) is 19.8 Å². The predicted molar refractivity (Wildman–Crippen MR) is 77.3 cm³/mol. The number of anilines is 2. The number of benzene rings is 1. The lowest BCUT2D eigenvalue weighted by atomic mass is 10.1. The third-order valence-electron chi connectivity index (χ3n) is 3.27. The number of hydrogen-bond acceptors (Lipinski definition) is 3. The summed E-state index contributed by atoms with van der Waals surface area (Å²) < 4.78 is 1.75. The topological polar surface area (TPSA) is 38.1 Å². The normalized spacial score (nSPS) is 10.6. The van der Waals surface area contributed by atoms with Crippen molar-refractivity contribution in [3.8, 4) is 0 Å². The third-order valence-corrected chi connectivity index (χ3v) is 3.27. The fourth-order valence-corrected chi connectivity index (χ4v) is 2.46. The van der Waals surface area contributed by atoms with Gasteiger partial charge in [-0.2, -0.15) is 5.10 Å². The molecule has 0 spiro atoms. The van der Waals surface area contributed by atoms with Crippen LogP contribution in [0.1, 0.15) is 27.2 Å². The Morgan fingerprint density at radius 2 is 1.74 bits per heavy atom. The molecule has 0 aliphatic rings. The Kier molecular flexibility index (Phi) is 3.42. The van der Waals surface area contributed by atoms with Gasteiger partial charge in [-0.1, -0.05) is 6.07 Å². The van der Waals surface area contributed by atoms with Crippen molar-refractivity contribution >= 4 is 17.8 Å². The molecule has 1 heterocycles. The maximum absolute atomic E-state index is 11.3. The zero-order chi connectivity index (χ0) is 14.2. The standard InChI is InChI=1S/C15H19N3O/c1-10-6-11(2)8-13(7-10)17(4)15-14(9-19)12(3)16-18(15)5/h6-9H,1-5H3. The van der Waals surface area contributed by atoms with Gasteiger partial charge in [-0.15, -0.1) is 0 Å². The van der Waals surface area contributed by atoms with Gasteiger partial charge >= 0.3 is 0 Å². The molecule has 0 atom stereocenters. The van der Waals surface area contributed by atoms with Crippen molar-refractivity contribution in [2.45, 2.75) is 20.8 Å². The Labute approximate surface area is 113 Å². The van der Waals surface area contributed by atoms with E-state index in [4.69, 9.17) is 0 Å². The van der Waals surface area contributed by atoms with Crippen molar-refractivity contribution in [1.29, 1.82) is 0 Å². The average Bonchev–Trinajstić information content (AvgIpc) is 2.61. The number of carbonyl (C=O) groups is 1. The summed E-state index contributed by atoms with van der Waals surface area (Å²) in [6, 6.07) is 6.33. The highest BCUT2D eigenvalue weighted by atomic mass is 16.1. The molecule has 0 bridgehead atoms. The van der Waals surface area contributed by atoms with Crippen LogP contribution in [0.2, 0.25) is 0 Å². The van der Waals surface area contributed by atoms with E-state index in [0.29, 0.717) is 5.56 Å². The summed E-state index contributed by atoms with van der Waals surface area (Å²) in [6.45, 7) is 5.99. The number of hydrogen-bond donors (Lipinski definition) is 0. The molecule has 0 unspecified atom stereocenters. The van der Waals surface area contributed by atoms with Crippen molar-refractivity contribution in [3.63, 3.8) is 0 Å². The molecule has 19 heavy (non-hydrogen) atoms. The molecule has 4 heteroatoms. The average molecular weight is 257 g/mol. The van der Waals surface area contributed by atoms with E-state index in [2.05, 4.69) is 37.1 Å². The number of nitrogens with zero attached hydrogens (tertiary/aromatic N) is 3. The second-order valence-corrected chi connectivity index (χ2v) is 4.97. The molecule has 0 radical (unpaired) electrons. The van der Waals surface area contributed by atoms with E-state index >= 15 is 0 Å². The van der Waals surface area contributed by atoms with Gasteiger partial charge in [0.15, 0.2) is 6.29 Å². The molecule has 0 aliphatic heterocycles. The first-order chi connectivity index (χ1) is 8.93. The fourth-order valence-electron chi connectivity index (χ4n) is 2.46. The highest BCUT2D eigenvalue weighted by Gasteiger charge is 2.17. The third kappa shape index (κ3) is 2.38. The van der Waals surface area contributed by atoms with E-state index in [1.807, 2.05) is 25.9 Å². The summed E-state index contributed by atoms with van der Waals surface area (Å²) in [7, 11) is 3.81. The van der Waals surface area contributed by atoms with Crippen LogP contribution in [0.25, 0.3) is 0 Å². The first-order valence-corrected chi connectivity index (χ1v) is 6.25. The molecular formula is C15H19N3O. The monoisotopic (exact) mass is 257 g/mol. The Morgan fingerprint density at radius 3 is 2.26 bits per heavy atom. The van der Waals surface area contributed by atoms with Gasteiger partial charge in [0.2, 0.25) is 0 Å². The smallest absolute Gasteiger partial charge is 0.155 e. The van der Waals surface area contributed by atoms with E-state index < -0.39 is 0 Å². The molecule has 0 N–H and O–H groups in total. The Bertz CT molecular complexity index is 608. The summed E-state index contributed by atoms with van der Waals surface area (Å²) in [5.41, 5.74) is 4.86. The van der Waals surface area contributed by atoms with Crippen molar-refractivity contribution in [3.05, 3.63) is 40.6 Å². The molecule has 0 saturated carbocycles. The van der Waals surface area contributed by atoms with Crippen LogP contribution in [-0.4, -0.2) is 23.1 Å². The van der Waals surface area contributed by atoms with E-state index in [1.54, 1.807) is 4.68 Å². The molecule has 1 aromatic carbocycles. The predicted octanol–water partition coefficient (Wildman–Crippen LogP) is 2.93. The van der Waals surface area contributed by atoms with Gasteiger partial charge in [-0.05, 0) is 44.0 Å². The Hall–Kier alpha value is -2.10. The van der Waals surface area contributed by atoms with Gasteiger partial charge in [-0.25, -0.2) is 0 Å². The molecule has 1 aromatic heterocycles. The minimum absolute atomic E-state index is 0.643. The highest BCUT2D eigenvalue weighted by Crippen LogP contribution is 2.28. The lowest BCUT2D eigenvalue weighted by Crippen LogP contribution is -2.15. The summed E-state index contributed by atoms with van der Waals surface area (Å²) in [5, 5.41) is 4.32. The molecule has 0 saturated heterocycles. The first-order valence-electron chi connectivity index (χ1n) is 6.25. The van der Waals surface area contributed by atoms with Crippen LogP contribution in [0, 0.1) is 20.8 Å². The molecule has 100 valence electrons. The van der Waals surface area contributed by atoms with Crippen LogP contribution < -0.4 is 4.90 Å². The summed E-state index contributed by atoms with van der Waals surface area (Å²) in [4.78, 5) is 13.3. The SMILES string of the molecule is Cc1cc(C)cc(N(C)c2c(C=O)c(C)nn2C)c1. The van der Waals surface area contributed by atoms with Crippen LogP contribution in [0.5, 0.6) is 0 Å². The number of rotatable bonds is 3. The summed E-state index contributed by atoms with van der Waals surface area (Å²) in [6.07, 6.45) is 0.872. The van der Waals surface area contributed by atoms with E-state index in [9.17, 15) is 4.79 Å². The zero-order valence-electron chi connectivity index (χ0n) is 12.1. The molecular weight excluding hydrogens is 238 g/mol. The molecule has 0 aliphatic carbocycles. The summed E-state index contributed by atoms with van der Waals surface area (Å²) >= 11 is 0. The quantitative estimate of drug-likeness (QED) is 0.793. The number of aromatic nitrogens is 2. The fraction of sp³-hybridized carbons (Fsp3) is 0.333. The van der Waals surface area contributed by atoms with Crippen LogP contribution in [0.4, 0.5) is 11.5 Å². The van der Waals surface area contributed by atoms with Crippen molar-refractivity contribution in [2.75, 3.05) is 11.9 Å². The van der Waals surface area contributed by atoms with Gasteiger partial charge in [0.25, 0.3) is 0 Å². The second-order valence-electron chi connectivity index (χ2n) is 4.97. The molecule has 2 rings (SSSR count). The zero-order valence-corrected chi connectivity index (χ0v) is 12.1. The lowest BCUT2D eigenvalue weighted by Gasteiger charge is -2.21. The van der Waals surface area contributed by atoms with Gasteiger partial charge in [0.1, 0.15) is 5.82 Å². The van der Waals surface area contributed by atoms with E-state index in [0.717, 1.165) is 23.5 Å². The van der Waals surface area contributed by atoms with Crippen LogP contribution in [-0.2, 0) is 7.05 Å². The van der Waals surface area contributed by atoms with Crippen molar-refractivity contribution in [2.24, 2.45) is 7.05 Å². The van der Waals surface area contributed by atoms with Gasteiger partial charge < -0.3 is 4.90 Å². The molecule has 4 nitrogen and oxygen atoms in total. The Morgan fingerprint density at radius 1 is 1.16 bits per heavy atom. The molecule has 2 aromatic rings. The number of carbonyl (C=O) groups excluding carboxylic acids is 1. The maximum Gasteiger partial charge on any atom is 0.155 e. The van der Waals surface area contributed by atoms with E-state index in [-0.39, 0.29) is 0 Å². The second kappa shape index (κ2) is 4.88. The number of aldehydes is 1. The van der Waals surface area contributed by atoms with E-state index in [1.165, 1.54) is 11.1 Å². The number of aryl methyl sites for hydroxylation is 4. The minimum atomic E-state index is 0.643.